The molecule has 0 spiro atoms. The Morgan fingerprint density at radius 1 is 1.03 bits per heavy atom. The highest BCUT2D eigenvalue weighted by molar-refractivity contribution is 6.31. The van der Waals surface area contributed by atoms with E-state index < -0.39 is 0 Å². The fourth-order valence-electron chi connectivity index (χ4n) is 6.29. The first-order valence-corrected chi connectivity index (χ1v) is 12.3. The van der Waals surface area contributed by atoms with Crippen LogP contribution in [-0.2, 0) is 24.7 Å². The highest BCUT2D eigenvalue weighted by Crippen LogP contribution is 2.49. The lowest BCUT2D eigenvalue weighted by Gasteiger charge is -2.51. The van der Waals surface area contributed by atoms with Crippen molar-refractivity contribution in [3.05, 3.63) is 100 Å². The molecule has 0 radical (unpaired) electrons. The van der Waals surface area contributed by atoms with Gasteiger partial charge in [-0.3, -0.25) is 0 Å². The fourth-order valence-corrected chi connectivity index (χ4v) is 6.47. The van der Waals surface area contributed by atoms with Crippen LogP contribution in [0.5, 0.6) is 5.75 Å². The number of hydrogen-bond donors (Lipinski definition) is 2. The normalized spacial score (nSPS) is 22.8. The van der Waals surface area contributed by atoms with E-state index in [1.165, 1.54) is 27.8 Å². The average Bonchev–Trinajstić information content (AvgIpc) is 3.17. The molecule has 0 amide bonds. The molecule has 1 aliphatic carbocycles. The molecule has 2 heterocycles. The van der Waals surface area contributed by atoms with Crippen LogP contribution in [0.25, 0.3) is 10.9 Å². The first-order chi connectivity index (χ1) is 16.1. The molecule has 1 aliphatic heterocycles. The number of rotatable bonds is 4. The number of H-pyrrole nitrogens is 1. The molecule has 33 heavy (non-hydrogen) atoms. The van der Waals surface area contributed by atoms with Crippen LogP contribution in [0, 0.1) is 5.92 Å². The summed E-state index contributed by atoms with van der Waals surface area (Å²) in [5.74, 6) is 0.868. The highest BCUT2D eigenvalue weighted by atomic mass is 35.5. The number of likely N-dealkylation sites (tertiary alicyclic amines) is 1. The molecule has 1 fully saturated rings. The largest absolute Gasteiger partial charge is 0.508 e. The maximum atomic E-state index is 10.3. The summed E-state index contributed by atoms with van der Waals surface area (Å²) in [5.41, 5.74) is 6.65. The van der Waals surface area contributed by atoms with Crippen molar-refractivity contribution >= 4 is 22.5 Å². The van der Waals surface area contributed by atoms with Gasteiger partial charge in [-0.15, -0.1) is 0 Å². The minimum atomic E-state index is 0.0413. The third-order valence-corrected chi connectivity index (χ3v) is 8.25. The van der Waals surface area contributed by atoms with Crippen molar-refractivity contribution in [2.75, 3.05) is 19.6 Å². The van der Waals surface area contributed by atoms with Gasteiger partial charge in [0.2, 0.25) is 0 Å². The number of aromatic hydroxyl groups is 1. The topological polar surface area (TPSA) is 39.3 Å². The summed E-state index contributed by atoms with van der Waals surface area (Å²) in [6.07, 6.45) is 4.22. The van der Waals surface area contributed by atoms with E-state index in [4.69, 9.17) is 11.6 Å². The molecule has 3 aromatic carbocycles. The van der Waals surface area contributed by atoms with E-state index in [0.717, 1.165) is 55.9 Å². The van der Waals surface area contributed by atoms with Gasteiger partial charge in [0, 0.05) is 40.1 Å². The second kappa shape index (κ2) is 8.23. The van der Waals surface area contributed by atoms with Gasteiger partial charge < -0.3 is 15.0 Å². The zero-order chi connectivity index (χ0) is 22.4. The molecule has 2 N–H and O–H groups in total. The lowest BCUT2D eigenvalue weighted by molar-refractivity contribution is 0.0822. The molecule has 4 aromatic rings. The van der Waals surface area contributed by atoms with Crippen LogP contribution in [0.2, 0.25) is 5.02 Å². The van der Waals surface area contributed by atoms with Crippen molar-refractivity contribution in [3.63, 3.8) is 0 Å². The Morgan fingerprint density at radius 3 is 2.76 bits per heavy atom. The molecule has 3 nitrogen and oxygen atoms in total. The minimum absolute atomic E-state index is 0.0413. The summed E-state index contributed by atoms with van der Waals surface area (Å²) in [6.45, 7) is 3.26. The molecule has 2 unspecified atom stereocenters. The van der Waals surface area contributed by atoms with Crippen LogP contribution < -0.4 is 0 Å². The number of aromatic amines is 1. The standard InChI is InChI=1S/C29H29ClN2O/c30-23-9-10-25-26-16-22-19-32(13-11-20-5-2-1-3-6-20)14-12-29(22,18-28(26)31-27(25)17-23)21-7-4-8-24(33)15-21/h1-10,15,17,22,31,33H,11-14,16,18-19H2. The summed E-state index contributed by atoms with van der Waals surface area (Å²) in [5, 5.41) is 12.4. The number of phenols is 1. The Balaban J connectivity index is 1.35. The van der Waals surface area contributed by atoms with Gasteiger partial charge in [0.25, 0.3) is 0 Å². The van der Waals surface area contributed by atoms with Gasteiger partial charge in [-0.05, 0) is 79.1 Å². The van der Waals surface area contributed by atoms with Gasteiger partial charge in [0.15, 0.2) is 0 Å². The van der Waals surface area contributed by atoms with Crippen molar-refractivity contribution < 1.29 is 5.11 Å². The lowest BCUT2D eigenvalue weighted by atomic mass is 9.58. The van der Waals surface area contributed by atoms with Crippen molar-refractivity contribution in [2.24, 2.45) is 5.92 Å². The van der Waals surface area contributed by atoms with Crippen LogP contribution >= 0.6 is 11.6 Å². The molecule has 2 aliphatic rings. The average molecular weight is 457 g/mol. The predicted octanol–water partition coefficient (Wildman–Crippen LogP) is 6.13. The minimum Gasteiger partial charge on any atom is -0.508 e. The molecular formula is C29H29ClN2O. The third kappa shape index (κ3) is 3.74. The summed E-state index contributed by atoms with van der Waals surface area (Å²) >= 11 is 6.29. The molecule has 1 aromatic heterocycles. The Labute approximate surface area is 200 Å². The Kier molecular flexibility index (Phi) is 5.20. The van der Waals surface area contributed by atoms with Crippen LogP contribution in [0.3, 0.4) is 0 Å². The number of hydrogen-bond acceptors (Lipinski definition) is 2. The second-order valence-corrected chi connectivity index (χ2v) is 10.3. The van der Waals surface area contributed by atoms with E-state index in [0.29, 0.717) is 11.7 Å². The summed E-state index contributed by atoms with van der Waals surface area (Å²) in [6, 6.07) is 25.0. The van der Waals surface area contributed by atoms with Gasteiger partial charge in [-0.1, -0.05) is 60.1 Å². The highest BCUT2D eigenvalue weighted by Gasteiger charge is 2.48. The second-order valence-electron chi connectivity index (χ2n) is 9.84. The maximum Gasteiger partial charge on any atom is 0.115 e. The smallest absolute Gasteiger partial charge is 0.115 e. The van der Waals surface area contributed by atoms with E-state index >= 15 is 0 Å². The van der Waals surface area contributed by atoms with Crippen LogP contribution in [-0.4, -0.2) is 34.6 Å². The summed E-state index contributed by atoms with van der Waals surface area (Å²) < 4.78 is 0. The Hall–Kier alpha value is -2.75. The van der Waals surface area contributed by atoms with E-state index in [1.54, 1.807) is 6.07 Å². The molecule has 1 saturated heterocycles. The number of phenolic OH excluding ortho intramolecular Hbond substituents is 1. The van der Waals surface area contributed by atoms with Gasteiger partial charge in [-0.2, -0.15) is 0 Å². The molecule has 0 bridgehead atoms. The summed E-state index contributed by atoms with van der Waals surface area (Å²) in [7, 11) is 0. The summed E-state index contributed by atoms with van der Waals surface area (Å²) in [4.78, 5) is 6.34. The van der Waals surface area contributed by atoms with E-state index in [-0.39, 0.29) is 5.41 Å². The number of fused-ring (bicyclic) bond motifs is 4. The van der Waals surface area contributed by atoms with Crippen LogP contribution in [0.15, 0.2) is 72.8 Å². The zero-order valence-corrected chi connectivity index (χ0v) is 19.5. The van der Waals surface area contributed by atoms with E-state index in [1.807, 2.05) is 24.3 Å². The number of aromatic nitrogens is 1. The van der Waals surface area contributed by atoms with Crippen molar-refractivity contribution in [1.82, 2.24) is 9.88 Å². The van der Waals surface area contributed by atoms with Gasteiger partial charge >= 0.3 is 0 Å². The van der Waals surface area contributed by atoms with Gasteiger partial charge in [0.05, 0.1) is 0 Å². The quantitative estimate of drug-likeness (QED) is 0.388. The van der Waals surface area contributed by atoms with Gasteiger partial charge in [0.1, 0.15) is 5.75 Å². The SMILES string of the molecule is Oc1cccc(C23CCN(CCc4ccccc4)CC2Cc2c([nH]c4cc(Cl)ccc24)C3)c1. The first kappa shape index (κ1) is 20.8. The van der Waals surface area contributed by atoms with Gasteiger partial charge in [-0.25, -0.2) is 0 Å². The number of nitrogens with one attached hydrogen (secondary N) is 1. The molecule has 168 valence electrons. The number of halogens is 1. The number of piperidine rings is 1. The Bertz CT molecular complexity index is 1300. The van der Waals surface area contributed by atoms with E-state index in [9.17, 15) is 5.11 Å². The number of nitrogens with zero attached hydrogens (tertiary/aromatic N) is 1. The van der Waals surface area contributed by atoms with Crippen molar-refractivity contribution in [3.8, 4) is 5.75 Å². The predicted molar refractivity (Wildman–Crippen MR) is 135 cm³/mol. The zero-order valence-electron chi connectivity index (χ0n) is 18.7. The van der Waals surface area contributed by atoms with Crippen molar-refractivity contribution in [1.29, 1.82) is 0 Å². The molecule has 2 atom stereocenters. The maximum absolute atomic E-state index is 10.3. The third-order valence-electron chi connectivity index (χ3n) is 8.01. The lowest BCUT2D eigenvalue weighted by Crippen LogP contribution is -2.54. The van der Waals surface area contributed by atoms with Crippen molar-refractivity contribution in [2.45, 2.75) is 31.1 Å². The molecular weight excluding hydrogens is 428 g/mol. The first-order valence-electron chi connectivity index (χ1n) is 12.0. The van der Waals surface area contributed by atoms with Crippen LogP contribution in [0.4, 0.5) is 0 Å². The fraction of sp³-hybridized carbons (Fsp3) is 0.310. The number of benzene rings is 3. The van der Waals surface area contributed by atoms with Crippen LogP contribution in [0.1, 0.15) is 28.8 Å². The Morgan fingerprint density at radius 2 is 1.91 bits per heavy atom. The van der Waals surface area contributed by atoms with E-state index in [2.05, 4.69) is 52.3 Å². The monoisotopic (exact) mass is 456 g/mol. The molecule has 6 rings (SSSR count). The molecule has 0 saturated carbocycles. The molecule has 4 heteroatoms.